The van der Waals surface area contributed by atoms with Crippen LogP contribution in [0.4, 0.5) is 0 Å². The highest BCUT2D eigenvalue weighted by molar-refractivity contribution is 9.11. The van der Waals surface area contributed by atoms with Gasteiger partial charge in [-0.2, -0.15) is 0 Å². The molecule has 2 N–H and O–H groups in total. The highest BCUT2D eigenvalue weighted by atomic mass is 79.9. The van der Waals surface area contributed by atoms with Crippen LogP contribution in [0.1, 0.15) is 22.7 Å². The third-order valence-electron chi connectivity index (χ3n) is 2.65. The van der Waals surface area contributed by atoms with Crippen LogP contribution in [0.2, 0.25) is 0 Å². The van der Waals surface area contributed by atoms with Crippen molar-refractivity contribution in [2.75, 3.05) is 7.05 Å². The van der Waals surface area contributed by atoms with Crippen LogP contribution in [0.3, 0.4) is 0 Å². The predicted octanol–water partition coefficient (Wildman–Crippen LogP) is 3.33. The van der Waals surface area contributed by atoms with Gasteiger partial charge in [-0.05, 0) is 47.4 Å². The molecule has 2 heterocycles. The lowest BCUT2D eigenvalue weighted by Gasteiger charge is -2.12. The summed E-state index contributed by atoms with van der Waals surface area (Å²) in [5.41, 5.74) is 0. The van der Waals surface area contributed by atoms with Crippen molar-refractivity contribution in [3.05, 3.63) is 37.1 Å². The van der Waals surface area contributed by atoms with Gasteiger partial charge in [-0.3, -0.25) is 0 Å². The molecule has 0 aliphatic rings. The molecule has 2 aromatic heterocycles. The lowest BCUT2D eigenvalue weighted by Crippen LogP contribution is -2.26. The van der Waals surface area contributed by atoms with Gasteiger partial charge in [0.1, 0.15) is 4.90 Å². The minimum Gasteiger partial charge on any atom is -0.315 e. The van der Waals surface area contributed by atoms with Gasteiger partial charge in [-0.15, -0.1) is 22.7 Å². The Hall–Kier alpha value is -0.250. The van der Waals surface area contributed by atoms with Gasteiger partial charge in [-0.25, -0.2) is 13.1 Å². The molecule has 0 saturated heterocycles. The van der Waals surface area contributed by atoms with E-state index >= 15 is 0 Å². The molecule has 0 aromatic carbocycles. The van der Waals surface area contributed by atoms with Crippen molar-refractivity contribution >= 4 is 48.6 Å². The molecule has 2 aromatic rings. The van der Waals surface area contributed by atoms with Crippen LogP contribution in [0.25, 0.3) is 0 Å². The second-order valence-corrected chi connectivity index (χ2v) is 9.36. The summed E-state index contributed by atoms with van der Waals surface area (Å²) in [7, 11) is -1.69. The van der Waals surface area contributed by atoms with Gasteiger partial charge in [0.05, 0.1) is 9.83 Å². The van der Waals surface area contributed by atoms with Gasteiger partial charge in [-0.1, -0.05) is 6.07 Å². The Morgan fingerprint density at radius 2 is 2.20 bits per heavy atom. The fourth-order valence-corrected chi connectivity index (χ4v) is 6.46. The maximum Gasteiger partial charge on any atom is 0.243 e. The van der Waals surface area contributed by atoms with E-state index in [2.05, 4.69) is 26.0 Å². The summed E-state index contributed by atoms with van der Waals surface area (Å²) in [6.45, 7) is 2.50. The molecule has 0 radical (unpaired) electrons. The monoisotopic (exact) mass is 394 g/mol. The summed E-state index contributed by atoms with van der Waals surface area (Å²) in [6, 6.07) is 5.30. The highest BCUT2D eigenvalue weighted by Gasteiger charge is 2.23. The van der Waals surface area contributed by atoms with Crippen LogP contribution in [0.15, 0.2) is 32.3 Å². The molecule has 4 nitrogen and oxygen atoms in total. The van der Waals surface area contributed by atoms with Crippen LogP contribution in [0, 0.1) is 0 Å². The van der Waals surface area contributed by atoms with Crippen LogP contribution >= 0.6 is 38.6 Å². The van der Waals surface area contributed by atoms with Crippen LogP contribution in [0.5, 0.6) is 0 Å². The third-order valence-corrected chi connectivity index (χ3v) is 7.50. The first kappa shape index (κ1) is 16.1. The van der Waals surface area contributed by atoms with Crippen molar-refractivity contribution in [3.8, 4) is 0 Å². The molecule has 0 saturated carbocycles. The summed E-state index contributed by atoms with van der Waals surface area (Å²) in [5.74, 6) is 0. The zero-order valence-electron chi connectivity index (χ0n) is 11.0. The van der Waals surface area contributed by atoms with Crippen molar-refractivity contribution in [1.82, 2.24) is 10.0 Å². The molecule has 20 heavy (non-hydrogen) atoms. The van der Waals surface area contributed by atoms with Crippen molar-refractivity contribution in [2.24, 2.45) is 0 Å². The van der Waals surface area contributed by atoms with Crippen molar-refractivity contribution in [3.63, 3.8) is 0 Å². The second kappa shape index (κ2) is 6.67. The zero-order chi connectivity index (χ0) is 14.8. The van der Waals surface area contributed by atoms with E-state index in [0.29, 0.717) is 15.2 Å². The molecular weight excluding hydrogens is 380 g/mol. The maximum atomic E-state index is 12.4. The Bertz CT molecular complexity index is 665. The largest absolute Gasteiger partial charge is 0.315 e. The van der Waals surface area contributed by atoms with Gasteiger partial charge in [0.25, 0.3) is 0 Å². The third kappa shape index (κ3) is 3.69. The van der Waals surface area contributed by atoms with Gasteiger partial charge in [0.2, 0.25) is 10.0 Å². The van der Waals surface area contributed by atoms with E-state index in [1.165, 1.54) is 22.7 Å². The van der Waals surface area contributed by atoms with Gasteiger partial charge in [0.15, 0.2) is 0 Å². The fourth-order valence-electron chi connectivity index (χ4n) is 1.73. The lowest BCUT2D eigenvalue weighted by molar-refractivity contribution is 0.568. The van der Waals surface area contributed by atoms with E-state index < -0.39 is 10.0 Å². The molecule has 1 unspecified atom stereocenters. The first-order valence-corrected chi connectivity index (χ1v) is 9.90. The zero-order valence-corrected chi connectivity index (χ0v) is 15.0. The molecule has 110 valence electrons. The lowest BCUT2D eigenvalue weighted by atomic mass is 10.3. The fraction of sp³-hybridized carbons (Fsp3) is 0.333. The minimum absolute atomic E-state index is 0.237. The average Bonchev–Trinajstić information content (AvgIpc) is 2.98. The molecule has 0 aliphatic heterocycles. The maximum absolute atomic E-state index is 12.4. The van der Waals surface area contributed by atoms with Crippen molar-refractivity contribution in [1.29, 1.82) is 0 Å². The molecule has 8 heteroatoms. The van der Waals surface area contributed by atoms with E-state index in [1.807, 2.05) is 31.5 Å². The quantitative estimate of drug-likeness (QED) is 0.789. The number of rotatable bonds is 6. The van der Waals surface area contributed by atoms with Gasteiger partial charge < -0.3 is 5.32 Å². The molecule has 0 fully saturated rings. The number of thiophene rings is 2. The Kier molecular flexibility index (Phi) is 5.38. The van der Waals surface area contributed by atoms with Crippen LogP contribution < -0.4 is 10.0 Å². The summed E-state index contributed by atoms with van der Waals surface area (Å²) in [4.78, 5) is 2.27. The first-order chi connectivity index (χ1) is 9.44. The molecule has 0 spiro atoms. The Balaban J connectivity index is 2.22. The summed E-state index contributed by atoms with van der Waals surface area (Å²) in [6.07, 6.45) is 0. The van der Waals surface area contributed by atoms with Gasteiger partial charge in [0, 0.05) is 16.3 Å². The van der Waals surface area contributed by atoms with Crippen molar-refractivity contribution < 1.29 is 8.42 Å². The minimum atomic E-state index is -3.52. The number of hydrogen-bond acceptors (Lipinski definition) is 5. The van der Waals surface area contributed by atoms with E-state index in [9.17, 15) is 8.42 Å². The van der Waals surface area contributed by atoms with E-state index in [4.69, 9.17) is 0 Å². The predicted molar refractivity (Wildman–Crippen MR) is 87.8 cm³/mol. The first-order valence-electron chi connectivity index (χ1n) is 5.92. The summed E-state index contributed by atoms with van der Waals surface area (Å²) in [5, 5.41) is 4.95. The van der Waals surface area contributed by atoms with Gasteiger partial charge >= 0.3 is 0 Å². The topological polar surface area (TPSA) is 58.2 Å². The number of nitrogens with one attached hydrogen (secondary N) is 2. The molecule has 0 aliphatic carbocycles. The molecule has 0 amide bonds. The molecule has 0 bridgehead atoms. The standard InChI is InChI=1S/C12H15BrN2O2S3/c1-8(10-4-3-5-18-10)15-20(16,17)11-6-9(7-14-2)19-12(11)13/h3-6,8,14-15H,7H2,1-2H3. The average molecular weight is 395 g/mol. The SMILES string of the molecule is CNCc1cc(S(=O)(=O)NC(C)c2cccs2)c(Br)s1. The summed E-state index contributed by atoms with van der Waals surface area (Å²) < 4.78 is 28.2. The van der Waals surface area contributed by atoms with Crippen LogP contribution in [-0.4, -0.2) is 15.5 Å². The Morgan fingerprint density at radius 3 is 2.80 bits per heavy atom. The molecular formula is C12H15BrN2O2S3. The number of sulfonamides is 1. The highest BCUT2D eigenvalue weighted by Crippen LogP contribution is 2.32. The number of hydrogen-bond donors (Lipinski definition) is 2. The second-order valence-electron chi connectivity index (χ2n) is 4.24. The van der Waals surface area contributed by atoms with E-state index in [1.54, 1.807) is 6.07 Å². The smallest absolute Gasteiger partial charge is 0.243 e. The normalized spacial score (nSPS) is 13.6. The number of halogens is 1. The Morgan fingerprint density at radius 1 is 1.45 bits per heavy atom. The van der Waals surface area contributed by atoms with E-state index in [-0.39, 0.29) is 6.04 Å². The Labute approximate surface area is 135 Å². The van der Waals surface area contributed by atoms with Crippen molar-refractivity contribution in [2.45, 2.75) is 24.4 Å². The van der Waals surface area contributed by atoms with Crippen LogP contribution in [-0.2, 0) is 16.6 Å². The summed E-state index contributed by atoms with van der Waals surface area (Å²) >= 11 is 6.30. The molecule has 2 rings (SSSR count). The molecule has 1 atom stereocenters. The van der Waals surface area contributed by atoms with E-state index in [0.717, 1.165) is 9.75 Å².